The third-order valence-corrected chi connectivity index (χ3v) is 10.5. The standard InChI is InChI=1S/C37H49N7O4S/c1-26(40-31-13-6-5-7-14-31)41-32-18-20-43(21-19-32)27(2)44(25-28-10-8-12-30(22-28)37(38)39)42-49(45,46)34-15-9-11-29(23-34)35-17-16-33(47-3)24-36(35)48-4/h8-12,15-17,22-24,31-32,40-42H,1-2,5-7,13-14,18-21,25H2,3-4H3,(H3,38,39). The number of likely N-dealkylation sites (tertiary alicyclic amines) is 1. The second kappa shape index (κ2) is 16.1. The molecule has 0 radical (unpaired) electrons. The second-order valence-corrected chi connectivity index (χ2v) is 14.3. The van der Waals surface area contributed by atoms with Crippen LogP contribution in [0.25, 0.3) is 11.1 Å². The molecule has 0 unspecified atom stereocenters. The lowest BCUT2D eigenvalue weighted by molar-refractivity contribution is 0.152. The normalized spacial score (nSPS) is 15.7. The molecular formula is C37H49N7O4S. The molecule has 11 nitrogen and oxygen atoms in total. The number of hydrogen-bond acceptors (Lipinski definition) is 9. The molecule has 1 saturated heterocycles. The number of nitrogens with zero attached hydrogens (tertiary/aromatic N) is 2. The summed E-state index contributed by atoms with van der Waals surface area (Å²) in [6.07, 6.45) is 7.87. The van der Waals surface area contributed by atoms with Crippen molar-refractivity contribution in [3.05, 3.63) is 103 Å². The maximum absolute atomic E-state index is 14.0. The predicted octanol–water partition coefficient (Wildman–Crippen LogP) is 5.27. The van der Waals surface area contributed by atoms with E-state index in [4.69, 9.17) is 20.6 Å². The number of sulfonamides is 1. The molecule has 3 aromatic rings. The van der Waals surface area contributed by atoms with Crippen molar-refractivity contribution < 1.29 is 17.9 Å². The predicted molar refractivity (Wildman–Crippen MR) is 194 cm³/mol. The zero-order valence-electron chi connectivity index (χ0n) is 28.5. The van der Waals surface area contributed by atoms with Crippen LogP contribution in [0.2, 0.25) is 0 Å². The quantitative estimate of drug-likeness (QED) is 0.0820. The average Bonchev–Trinajstić information content (AvgIpc) is 3.11. The van der Waals surface area contributed by atoms with Crippen LogP contribution in [0.5, 0.6) is 11.5 Å². The molecule has 2 aliphatic rings. The zero-order valence-corrected chi connectivity index (χ0v) is 29.3. The molecule has 1 heterocycles. The van der Waals surface area contributed by atoms with Gasteiger partial charge >= 0.3 is 0 Å². The van der Waals surface area contributed by atoms with Crippen LogP contribution in [0, 0.1) is 5.41 Å². The molecule has 6 N–H and O–H groups in total. The smallest absolute Gasteiger partial charge is 0.257 e. The van der Waals surface area contributed by atoms with Crippen LogP contribution >= 0.6 is 0 Å². The van der Waals surface area contributed by atoms with Crippen LogP contribution in [0.1, 0.15) is 56.1 Å². The highest BCUT2D eigenvalue weighted by Crippen LogP contribution is 2.34. The highest BCUT2D eigenvalue weighted by Gasteiger charge is 2.27. The first-order valence-electron chi connectivity index (χ1n) is 16.8. The lowest BCUT2D eigenvalue weighted by Crippen LogP contribution is -2.50. The number of amidine groups is 1. The first-order valence-corrected chi connectivity index (χ1v) is 18.3. The minimum atomic E-state index is -4.07. The van der Waals surface area contributed by atoms with Gasteiger partial charge in [0.25, 0.3) is 10.0 Å². The molecule has 0 bridgehead atoms. The van der Waals surface area contributed by atoms with Crippen molar-refractivity contribution in [2.75, 3.05) is 27.3 Å². The van der Waals surface area contributed by atoms with Gasteiger partial charge in [0.2, 0.25) is 0 Å². The summed E-state index contributed by atoms with van der Waals surface area (Å²) in [4.78, 5) is 5.00. The summed E-state index contributed by atoms with van der Waals surface area (Å²) in [5.74, 6) is 2.54. The zero-order chi connectivity index (χ0) is 35.0. The lowest BCUT2D eigenvalue weighted by atomic mass is 9.95. The molecule has 2 fully saturated rings. The Balaban J connectivity index is 1.33. The van der Waals surface area contributed by atoms with E-state index in [1.807, 2.05) is 18.2 Å². The van der Waals surface area contributed by atoms with Crippen LogP contribution in [-0.2, 0) is 16.6 Å². The molecule has 5 rings (SSSR count). The molecule has 0 spiro atoms. The molecule has 1 saturated carbocycles. The van der Waals surface area contributed by atoms with Gasteiger partial charge in [-0.25, -0.2) is 8.42 Å². The van der Waals surface area contributed by atoms with Crippen molar-refractivity contribution in [1.29, 1.82) is 5.41 Å². The number of methoxy groups -OCH3 is 2. The van der Waals surface area contributed by atoms with E-state index < -0.39 is 10.0 Å². The fourth-order valence-electron chi connectivity index (χ4n) is 6.50. The first kappa shape index (κ1) is 35.6. The third-order valence-electron chi connectivity index (χ3n) is 9.21. The molecule has 262 valence electrons. The Morgan fingerprint density at radius 3 is 2.29 bits per heavy atom. The maximum Gasteiger partial charge on any atom is 0.257 e. The number of hydrazine groups is 1. The van der Waals surface area contributed by atoms with Gasteiger partial charge in [0.1, 0.15) is 23.2 Å². The molecule has 0 atom stereocenters. The van der Waals surface area contributed by atoms with Crippen LogP contribution in [0.15, 0.2) is 96.4 Å². The molecular weight excluding hydrogens is 639 g/mol. The van der Waals surface area contributed by atoms with E-state index in [9.17, 15) is 8.42 Å². The van der Waals surface area contributed by atoms with E-state index in [1.54, 1.807) is 67.8 Å². The number of benzene rings is 3. The van der Waals surface area contributed by atoms with E-state index in [2.05, 4.69) is 33.5 Å². The monoisotopic (exact) mass is 687 g/mol. The molecule has 3 aromatic carbocycles. The van der Waals surface area contributed by atoms with Crippen LogP contribution in [0.4, 0.5) is 0 Å². The first-order chi connectivity index (χ1) is 23.6. The SMILES string of the molecule is C=C(NC1CCCCC1)NC1CCN(C(=C)N(Cc2cccc(C(=N)N)c2)NS(=O)(=O)c2cccc(-c3ccc(OC)cc3OC)c2)CC1. The number of nitrogen functional groups attached to an aromatic ring is 1. The lowest BCUT2D eigenvalue weighted by Gasteiger charge is -2.40. The highest BCUT2D eigenvalue weighted by molar-refractivity contribution is 7.89. The number of nitrogens with two attached hydrogens (primary N) is 1. The van der Waals surface area contributed by atoms with Gasteiger partial charge in [-0.15, -0.1) is 4.83 Å². The van der Waals surface area contributed by atoms with Crippen molar-refractivity contribution in [3.63, 3.8) is 0 Å². The molecule has 0 amide bonds. The summed E-state index contributed by atoms with van der Waals surface area (Å²) in [7, 11) is -0.927. The van der Waals surface area contributed by atoms with Gasteiger partial charge in [-0.3, -0.25) is 10.4 Å². The molecule has 49 heavy (non-hydrogen) atoms. The Morgan fingerprint density at radius 1 is 0.918 bits per heavy atom. The molecule has 12 heteroatoms. The Bertz CT molecular complexity index is 1750. The van der Waals surface area contributed by atoms with Gasteiger partial charge in [0, 0.05) is 42.4 Å². The summed E-state index contributed by atoms with van der Waals surface area (Å²) >= 11 is 0. The van der Waals surface area contributed by atoms with Gasteiger partial charge < -0.3 is 30.7 Å². The number of piperidine rings is 1. The summed E-state index contributed by atoms with van der Waals surface area (Å²) in [5.41, 5.74) is 8.51. The van der Waals surface area contributed by atoms with Gasteiger partial charge in [0.05, 0.1) is 31.5 Å². The fourth-order valence-corrected chi connectivity index (χ4v) is 7.60. The van der Waals surface area contributed by atoms with E-state index in [0.717, 1.165) is 29.8 Å². The van der Waals surface area contributed by atoms with Crippen molar-refractivity contribution in [2.45, 2.75) is 68.5 Å². The largest absolute Gasteiger partial charge is 0.497 e. The summed E-state index contributed by atoms with van der Waals surface area (Å²) in [6, 6.07) is 20.1. The maximum atomic E-state index is 14.0. The Hall–Kier alpha value is -4.68. The topological polar surface area (TPSA) is 145 Å². The van der Waals surface area contributed by atoms with Crippen LogP contribution in [0.3, 0.4) is 0 Å². The Morgan fingerprint density at radius 2 is 1.61 bits per heavy atom. The molecule has 1 aliphatic carbocycles. The van der Waals surface area contributed by atoms with Crippen LogP contribution < -0.4 is 30.7 Å². The van der Waals surface area contributed by atoms with Crippen LogP contribution in [-0.4, -0.2) is 63.6 Å². The number of ether oxygens (including phenoxy) is 2. The highest BCUT2D eigenvalue weighted by atomic mass is 32.2. The molecule has 0 aromatic heterocycles. The number of hydrogen-bond donors (Lipinski definition) is 5. The fraction of sp³-hybridized carbons (Fsp3) is 0.378. The average molecular weight is 688 g/mol. The molecule has 1 aliphatic heterocycles. The van der Waals surface area contributed by atoms with Gasteiger partial charge in [0.15, 0.2) is 0 Å². The summed E-state index contributed by atoms with van der Waals surface area (Å²) in [6.45, 7) is 10.1. The van der Waals surface area contributed by atoms with Gasteiger partial charge in [-0.2, -0.15) is 0 Å². The van der Waals surface area contributed by atoms with E-state index in [0.29, 0.717) is 47.6 Å². The van der Waals surface area contributed by atoms with E-state index >= 15 is 0 Å². The Labute approximate surface area is 290 Å². The van der Waals surface area contributed by atoms with E-state index in [-0.39, 0.29) is 23.3 Å². The number of rotatable bonds is 15. The van der Waals surface area contributed by atoms with Gasteiger partial charge in [-0.1, -0.05) is 62.8 Å². The minimum Gasteiger partial charge on any atom is -0.497 e. The number of nitrogens with one attached hydrogen (secondary N) is 4. The van der Waals surface area contributed by atoms with Crippen molar-refractivity contribution in [1.82, 2.24) is 25.4 Å². The van der Waals surface area contributed by atoms with Crippen molar-refractivity contribution >= 4 is 15.9 Å². The minimum absolute atomic E-state index is 0.0623. The van der Waals surface area contributed by atoms with Crippen molar-refractivity contribution in [2.24, 2.45) is 5.73 Å². The summed E-state index contributed by atoms with van der Waals surface area (Å²) in [5, 5.41) is 16.6. The Kier molecular flexibility index (Phi) is 11.7. The van der Waals surface area contributed by atoms with E-state index in [1.165, 1.54) is 32.1 Å². The second-order valence-electron chi connectivity index (χ2n) is 12.7. The van der Waals surface area contributed by atoms with Crippen molar-refractivity contribution in [3.8, 4) is 22.6 Å². The summed E-state index contributed by atoms with van der Waals surface area (Å²) < 4.78 is 39.0. The van der Waals surface area contributed by atoms with Gasteiger partial charge in [-0.05, 0) is 67.1 Å². The third kappa shape index (κ3) is 9.27.